The number of hydrogen-bond acceptors (Lipinski definition) is 6. The Labute approximate surface area is 185 Å². The monoisotopic (exact) mass is 476 g/mol. The summed E-state index contributed by atoms with van der Waals surface area (Å²) < 4.78 is 2.87. The first-order valence-corrected chi connectivity index (χ1v) is 11.1. The standard InChI is InChI=1S/C21H29BrN6O2/c1-3-16(29)11-25-20(30)18-19(24-2)26-21(27-10-6-8-15(23)13-27)28(18)12-14-7-4-5-9-17(14)22/h4-5,7,9,15,24H,3,6,8,10-13,23H2,1-2H3,(H,25,30). The van der Waals surface area contributed by atoms with Crippen LogP contribution in [0.2, 0.25) is 0 Å². The number of ketones is 1. The molecular formula is C21H29BrN6O2. The van der Waals surface area contributed by atoms with E-state index in [1.165, 1.54) is 0 Å². The fourth-order valence-corrected chi connectivity index (χ4v) is 4.02. The number of anilines is 2. The van der Waals surface area contributed by atoms with Crippen molar-refractivity contribution in [3.05, 3.63) is 40.0 Å². The van der Waals surface area contributed by atoms with Crippen molar-refractivity contribution in [1.82, 2.24) is 14.9 Å². The Bertz CT molecular complexity index is 913. The van der Waals surface area contributed by atoms with Gasteiger partial charge in [0.05, 0.1) is 13.1 Å². The van der Waals surface area contributed by atoms with Gasteiger partial charge in [-0.1, -0.05) is 41.1 Å². The van der Waals surface area contributed by atoms with Crippen molar-refractivity contribution < 1.29 is 9.59 Å². The van der Waals surface area contributed by atoms with Crippen molar-refractivity contribution in [2.24, 2.45) is 5.73 Å². The van der Waals surface area contributed by atoms with Crippen LogP contribution in [0.4, 0.5) is 11.8 Å². The number of nitrogens with zero attached hydrogens (tertiary/aromatic N) is 3. The number of Topliss-reactive ketones (excluding diaryl/α,β-unsaturated/α-hetero) is 1. The van der Waals surface area contributed by atoms with E-state index in [0.717, 1.165) is 29.4 Å². The number of benzene rings is 1. The third-order valence-electron chi connectivity index (χ3n) is 5.27. The highest BCUT2D eigenvalue weighted by molar-refractivity contribution is 9.10. The molecule has 1 fully saturated rings. The Hall–Kier alpha value is -2.39. The Kier molecular flexibility index (Phi) is 7.49. The van der Waals surface area contributed by atoms with Crippen LogP contribution in [-0.2, 0) is 11.3 Å². The molecule has 8 nitrogen and oxygen atoms in total. The minimum atomic E-state index is -0.326. The second-order valence-electron chi connectivity index (χ2n) is 7.46. The van der Waals surface area contributed by atoms with Gasteiger partial charge < -0.3 is 21.3 Å². The Morgan fingerprint density at radius 1 is 1.33 bits per heavy atom. The molecule has 1 atom stereocenters. The smallest absolute Gasteiger partial charge is 0.272 e. The second kappa shape index (κ2) is 10.1. The number of hydrogen-bond donors (Lipinski definition) is 3. The molecule has 162 valence electrons. The number of piperidine rings is 1. The molecular weight excluding hydrogens is 448 g/mol. The topological polar surface area (TPSA) is 105 Å². The summed E-state index contributed by atoms with van der Waals surface area (Å²) in [6.07, 6.45) is 2.34. The van der Waals surface area contributed by atoms with E-state index in [0.29, 0.717) is 37.0 Å². The molecule has 0 saturated carbocycles. The Balaban J connectivity index is 2.03. The number of carbonyl (C=O) groups is 2. The number of carbonyl (C=O) groups excluding carboxylic acids is 2. The minimum absolute atomic E-state index is 0.00260. The van der Waals surface area contributed by atoms with Gasteiger partial charge in [0.1, 0.15) is 0 Å². The number of aromatic nitrogens is 2. The Morgan fingerprint density at radius 2 is 2.10 bits per heavy atom. The van der Waals surface area contributed by atoms with Crippen molar-refractivity contribution in [3.8, 4) is 0 Å². The number of imidazole rings is 1. The summed E-state index contributed by atoms with van der Waals surface area (Å²) in [6.45, 7) is 3.76. The highest BCUT2D eigenvalue weighted by Crippen LogP contribution is 2.28. The highest BCUT2D eigenvalue weighted by atomic mass is 79.9. The number of nitrogens with one attached hydrogen (secondary N) is 2. The fourth-order valence-electron chi connectivity index (χ4n) is 3.61. The predicted molar refractivity (Wildman–Crippen MR) is 122 cm³/mol. The predicted octanol–water partition coefficient (Wildman–Crippen LogP) is 2.37. The van der Waals surface area contributed by atoms with Gasteiger partial charge >= 0.3 is 0 Å². The van der Waals surface area contributed by atoms with E-state index in [-0.39, 0.29) is 24.3 Å². The van der Waals surface area contributed by atoms with E-state index in [1.807, 2.05) is 28.8 Å². The van der Waals surface area contributed by atoms with Gasteiger partial charge in [-0.2, -0.15) is 4.98 Å². The van der Waals surface area contributed by atoms with E-state index in [9.17, 15) is 9.59 Å². The summed E-state index contributed by atoms with van der Waals surface area (Å²) in [5, 5.41) is 5.79. The molecule has 4 N–H and O–H groups in total. The zero-order valence-corrected chi connectivity index (χ0v) is 19.0. The van der Waals surface area contributed by atoms with Crippen molar-refractivity contribution in [2.75, 3.05) is 36.9 Å². The number of halogens is 1. The van der Waals surface area contributed by atoms with Crippen molar-refractivity contribution in [3.63, 3.8) is 0 Å². The normalized spacial score (nSPS) is 16.4. The number of amides is 1. The van der Waals surface area contributed by atoms with Gasteiger partial charge in [0.15, 0.2) is 17.3 Å². The molecule has 1 aliphatic rings. The number of rotatable bonds is 8. The maximum absolute atomic E-state index is 13.1. The quantitative estimate of drug-likeness (QED) is 0.539. The van der Waals surface area contributed by atoms with Crippen molar-refractivity contribution in [2.45, 2.75) is 38.8 Å². The largest absolute Gasteiger partial charge is 0.371 e. The second-order valence-corrected chi connectivity index (χ2v) is 8.31. The van der Waals surface area contributed by atoms with E-state index in [2.05, 4.69) is 31.5 Å². The van der Waals surface area contributed by atoms with Crippen molar-refractivity contribution in [1.29, 1.82) is 0 Å². The van der Waals surface area contributed by atoms with Gasteiger partial charge in [-0.15, -0.1) is 0 Å². The summed E-state index contributed by atoms with van der Waals surface area (Å²) in [5.41, 5.74) is 7.64. The van der Waals surface area contributed by atoms with Gasteiger partial charge in [-0.3, -0.25) is 14.2 Å². The first-order valence-electron chi connectivity index (χ1n) is 10.3. The molecule has 1 aromatic carbocycles. The lowest BCUT2D eigenvalue weighted by Gasteiger charge is -2.32. The summed E-state index contributed by atoms with van der Waals surface area (Å²) in [6, 6.07) is 7.98. The van der Waals surface area contributed by atoms with E-state index in [4.69, 9.17) is 10.7 Å². The van der Waals surface area contributed by atoms with Gasteiger partial charge in [-0.05, 0) is 24.5 Å². The first kappa shape index (κ1) is 22.3. The highest BCUT2D eigenvalue weighted by Gasteiger charge is 2.28. The summed E-state index contributed by atoms with van der Waals surface area (Å²) in [4.78, 5) is 31.7. The van der Waals surface area contributed by atoms with Crippen LogP contribution in [0.1, 0.15) is 42.2 Å². The molecule has 0 radical (unpaired) electrons. The molecule has 1 amide bonds. The average Bonchev–Trinajstić information content (AvgIpc) is 3.11. The minimum Gasteiger partial charge on any atom is -0.371 e. The maximum Gasteiger partial charge on any atom is 0.272 e. The van der Waals surface area contributed by atoms with Crippen LogP contribution in [0.3, 0.4) is 0 Å². The lowest BCUT2D eigenvalue weighted by molar-refractivity contribution is -0.117. The van der Waals surface area contributed by atoms with E-state index in [1.54, 1.807) is 14.0 Å². The van der Waals surface area contributed by atoms with Crippen LogP contribution in [0, 0.1) is 0 Å². The lowest BCUT2D eigenvalue weighted by atomic mass is 10.1. The van der Waals surface area contributed by atoms with Crippen LogP contribution >= 0.6 is 15.9 Å². The zero-order valence-electron chi connectivity index (χ0n) is 17.4. The molecule has 1 aliphatic heterocycles. The molecule has 9 heteroatoms. The Morgan fingerprint density at radius 3 is 2.77 bits per heavy atom. The molecule has 2 aromatic rings. The fraction of sp³-hybridized carbons (Fsp3) is 0.476. The average molecular weight is 477 g/mol. The third kappa shape index (κ3) is 5.02. The van der Waals surface area contributed by atoms with Gasteiger partial charge in [0.2, 0.25) is 5.95 Å². The van der Waals surface area contributed by atoms with Crippen molar-refractivity contribution >= 4 is 39.4 Å². The summed E-state index contributed by atoms with van der Waals surface area (Å²) >= 11 is 3.60. The molecule has 0 spiro atoms. The summed E-state index contributed by atoms with van der Waals surface area (Å²) in [7, 11) is 1.74. The van der Waals surface area contributed by atoms with Crippen LogP contribution in [0.25, 0.3) is 0 Å². The first-order chi connectivity index (χ1) is 14.4. The molecule has 1 saturated heterocycles. The van der Waals surface area contributed by atoms with Gasteiger partial charge in [0.25, 0.3) is 5.91 Å². The van der Waals surface area contributed by atoms with E-state index >= 15 is 0 Å². The molecule has 3 rings (SSSR count). The van der Waals surface area contributed by atoms with Gasteiger partial charge in [0, 0.05) is 37.1 Å². The van der Waals surface area contributed by atoms with Crippen LogP contribution in [0.15, 0.2) is 28.7 Å². The summed E-state index contributed by atoms with van der Waals surface area (Å²) in [5.74, 6) is 0.844. The van der Waals surface area contributed by atoms with E-state index < -0.39 is 0 Å². The van der Waals surface area contributed by atoms with Gasteiger partial charge in [-0.25, -0.2) is 0 Å². The molecule has 30 heavy (non-hydrogen) atoms. The van der Waals surface area contributed by atoms with Crippen LogP contribution in [-0.4, -0.2) is 54.0 Å². The molecule has 1 aromatic heterocycles. The molecule has 0 aliphatic carbocycles. The lowest BCUT2D eigenvalue weighted by Crippen LogP contribution is -2.44. The van der Waals surface area contributed by atoms with Crippen LogP contribution < -0.4 is 21.3 Å². The third-order valence-corrected chi connectivity index (χ3v) is 6.04. The van der Waals surface area contributed by atoms with Crippen LogP contribution in [0.5, 0.6) is 0 Å². The zero-order chi connectivity index (χ0) is 21.7. The number of nitrogens with two attached hydrogens (primary N) is 1. The molecule has 0 bridgehead atoms. The maximum atomic E-state index is 13.1. The SMILES string of the molecule is CCC(=O)CNC(=O)c1c(NC)nc(N2CCCC(N)C2)n1Cc1ccccc1Br. The molecule has 1 unspecified atom stereocenters. The molecule has 2 heterocycles.